The normalized spacial score (nSPS) is 13.5. The van der Waals surface area contributed by atoms with Crippen LogP contribution in [0.4, 0.5) is 0 Å². The lowest BCUT2D eigenvalue weighted by atomic mass is 9.76. The lowest BCUT2D eigenvalue weighted by Crippen LogP contribution is -1.98. The number of benzene rings is 13. The van der Waals surface area contributed by atoms with Crippen molar-refractivity contribution in [3.8, 4) is 0 Å². The fraction of sp³-hybridized carbons (Fsp3) is 0. The average molecular weight is 549 g/mol. The van der Waals surface area contributed by atoms with Gasteiger partial charge in [-0.2, -0.15) is 0 Å². The van der Waals surface area contributed by atoms with Crippen molar-refractivity contribution in [3.63, 3.8) is 0 Å². The highest BCUT2D eigenvalue weighted by atomic mass is 14.3. The van der Waals surface area contributed by atoms with Crippen LogP contribution in [-0.2, 0) is 0 Å². The van der Waals surface area contributed by atoms with Gasteiger partial charge in [0.05, 0.1) is 0 Å². The lowest BCUT2D eigenvalue weighted by Gasteiger charge is -2.27. The topological polar surface area (TPSA) is 0 Å². The molecule has 13 aromatic carbocycles. The molecule has 0 radical (unpaired) electrons. The Morgan fingerprint density at radius 3 is 0.932 bits per heavy atom. The molecule has 0 amide bonds. The van der Waals surface area contributed by atoms with Crippen LogP contribution in [0.5, 0.6) is 0 Å². The van der Waals surface area contributed by atoms with Crippen LogP contribution in [0, 0.1) is 0 Å². The molecular weight excluding hydrogens is 528 g/mol. The molecule has 0 heterocycles. The van der Waals surface area contributed by atoms with Crippen LogP contribution in [0.15, 0.2) is 121 Å². The molecule has 196 valence electrons. The van der Waals surface area contributed by atoms with Crippen molar-refractivity contribution in [1.82, 2.24) is 0 Å². The summed E-state index contributed by atoms with van der Waals surface area (Å²) in [5, 5.41) is 33.4. The molecule has 0 nitrogen and oxygen atoms in total. The predicted octanol–water partition coefficient (Wildman–Crippen LogP) is 12.7. The van der Waals surface area contributed by atoms with E-state index in [0.717, 1.165) is 0 Å². The zero-order chi connectivity index (χ0) is 28.0. The summed E-state index contributed by atoms with van der Waals surface area (Å²) in [4.78, 5) is 0. The van der Waals surface area contributed by atoms with E-state index in [0.29, 0.717) is 0 Å². The molecule has 0 aliphatic rings. The van der Waals surface area contributed by atoms with Gasteiger partial charge in [-0.15, -0.1) is 0 Å². The summed E-state index contributed by atoms with van der Waals surface area (Å²) < 4.78 is 0. The fourth-order valence-corrected chi connectivity index (χ4v) is 9.85. The van der Waals surface area contributed by atoms with Crippen molar-refractivity contribution in [2.24, 2.45) is 0 Å². The number of rotatable bonds is 0. The number of hydrogen-bond acceptors (Lipinski definition) is 0. The molecule has 0 N–H and O–H groups in total. The van der Waals surface area contributed by atoms with Crippen molar-refractivity contribution >= 4 is 129 Å². The maximum atomic E-state index is 2.50. The Labute approximate surface area is 250 Å². The van der Waals surface area contributed by atoms with Gasteiger partial charge in [0.1, 0.15) is 0 Å². The number of hydrogen-bond donors (Lipinski definition) is 0. The molecule has 0 heteroatoms. The first kappa shape index (κ1) is 21.0. The standard InChI is InChI=1S/C44H20/c1-3-9-25-23(7-1)27-11-5-13-29-31-17-18-32-30-14-6-12-28-24-8-2-4-10-26(24)34-20-22-16-15-21-19-33(25)41(37(27)29)43-35(21)36(22)44(40(32)39(31)43)42(34)38(28)30/h1-20H. The van der Waals surface area contributed by atoms with E-state index in [1.165, 1.54) is 129 Å². The van der Waals surface area contributed by atoms with Gasteiger partial charge in [0.15, 0.2) is 0 Å². The van der Waals surface area contributed by atoms with E-state index in [1.807, 2.05) is 0 Å². The summed E-state index contributed by atoms with van der Waals surface area (Å²) in [5.41, 5.74) is 0. The third-order valence-electron chi connectivity index (χ3n) is 11.3. The third-order valence-corrected chi connectivity index (χ3v) is 11.3. The van der Waals surface area contributed by atoms with E-state index < -0.39 is 0 Å². The maximum Gasteiger partial charge on any atom is -0.0000925 e. The molecule has 0 aliphatic heterocycles. The molecule has 0 aliphatic carbocycles. The van der Waals surface area contributed by atoms with Crippen molar-refractivity contribution < 1.29 is 0 Å². The summed E-state index contributed by atoms with van der Waals surface area (Å²) in [6.45, 7) is 0. The average Bonchev–Trinajstić information content (AvgIpc) is 3.09. The minimum Gasteiger partial charge on any atom is -0.0616 e. The molecule has 0 spiro atoms. The molecule has 0 saturated heterocycles. The Morgan fingerprint density at radius 1 is 0.182 bits per heavy atom. The van der Waals surface area contributed by atoms with E-state index in [2.05, 4.69) is 121 Å². The van der Waals surface area contributed by atoms with Gasteiger partial charge in [0.2, 0.25) is 0 Å². The molecule has 13 aromatic rings. The fourth-order valence-electron chi connectivity index (χ4n) is 9.85. The van der Waals surface area contributed by atoms with E-state index in [4.69, 9.17) is 0 Å². The molecule has 0 bridgehead atoms. The van der Waals surface area contributed by atoms with Crippen LogP contribution in [0.2, 0.25) is 0 Å². The predicted molar refractivity (Wildman–Crippen MR) is 192 cm³/mol. The molecule has 0 saturated carbocycles. The highest BCUT2D eigenvalue weighted by Crippen LogP contribution is 2.57. The van der Waals surface area contributed by atoms with Crippen LogP contribution in [0.3, 0.4) is 0 Å². The Balaban J connectivity index is 1.51. The first-order valence-electron chi connectivity index (χ1n) is 15.6. The zero-order valence-corrected chi connectivity index (χ0v) is 23.5. The first-order valence-corrected chi connectivity index (χ1v) is 15.6. The summed E-state index contributed by atoms with van der Waals surface area (Å²) >= 11 is 0. The van der Waals surface area contributed by atoms with Gasteiger partial charge in [0, 0.05) is 0 Å². The molecule has 0 unspecified atom stereocenters. The van der Waals surface area contributed by atoms with Gasteiger partial charge < -0.3 is 0 Å². The summed E-state index contributed by atoms with van der Waals surface area (Å²) in [5.74, 6) is 0. The Morgan fingerprint density at radius 2 is 0.500 bits per heavy atom. The van der Waals surface area contributed by atoms with Crippen molar-refractivity contribution in [1.29, 1.82) is 0 Å². The third kappa shape index (κ3) is 2.00. The molecular formula is C44H20. The monoisotopic (exact) mass is 548 g/mol. The van der Waals surface area contributed by atoms with Crippen molar-refractivity contribution in [2.45, 2.75) is 0 Å². The second kappa shape index (κ2) is 6.59. The molecule has 44 heavy (non-hydrogen) atoms. The van der Waals surface area contributed by atoms with E-state index >= 15 is 0 Å². The summed E-state index contributed by atoms with van der Waals surface area (Å²) in [6, 6.07) is 46.6. The first-order chi connectivity index (χ1) is 21.9. The Bertz CT molecular complexity index is 3130. The maximum absolute atomic E-state index is 2.50. The molecule has 13 rings (SSSR count). The van der Waals surface area contributed by atoms with Gasteiger partial charge in [-0.3, -0.25) is 0 Å². The second-order valence-corrected chi connectivity index (χ2v) is 13.1. The van der Waals surface area contributed by atoms with Gasteiger partial charge in [-0.25, -0.2) is 0 Å². The van der Waals surface area contributed by atoms with Crippen LogP contribution in [0.1, 0.15) is 0 Å². The number of fused-ring (bicyclic) bond motifs is 8. The lowest BCUT2D eigenvalue weighted by molar-refractivity contribution is 1.80. The van der Waals surface area contributed by atoms with Gasteiger partial charge in [-0.1, -0.05) is 109 Å². The molecule has 0 aromatic heterocycles. The highest BCUT2D eigenvalue weighted by Gasteiger charge is 2.28. The Hall–Kier alpha value is -5.72. The van der Waals surface area contributed by atoms with Gasteiger partial charge >= 0.3 is 0 Å². The quantitative estimate of drug-likeness (QED) is 0.131. The minimum absolute atomic E-state index is 1.34. The van der Waals surface area contributed by atoms with Crippen LogP contribution in [0.25, 0.3) is 129 Å². The Kier molecular flexibility index (Phi) is 3.15. The zero-order valence-electron chi connectivity index (χ0n) is 23.5. The molecule has 0 atom stereocenters. The van der Waals surface area contributed by atoms with E-state index in [9.17, 15) is 0 Å². The van der Waals surface area contributed by atoms with Crippen molar-refractivity contribution in [3.05, 3.63) is 121 Å². The van der Waals surface area contributed by atoms with E-state index in [1.54, 1.807) is 0 Å². The van der Waals surface area contributed by atoms with E-state index in [-0.39, 0.29) is 0 Å². The largest absolute Gasteiger partial charge is 0.0616 e. The smallest absolute Gasteiger partial charge is 0.0000925 e. The SMILES string of the molecule is c1ccc2c(c1)c1cccc3c4ccc5c6cccc7c8ccccc8c8cc9ccc%10cc2c(c13)c1c%10c9c(c8c76)c5c41. The van der Waals surface area contributed by atoms with Crippen molar-refractivity contribution in [2.75, 3.05) is 0 Å². The van der Waals surface area contributed by atoms with Crippen LogP contribution >= 0.6 is 0 Å². The van der Waals surface area contributed by atoms with Crippen LogP contribution < -0.4 is 0 Å². The molecule has 0 fully saturated rings. The second-order valence-electron chi connectivity index (χ2n) is 13.1. The summed E-state index contributed by atoms with van der Waals surface area (Å²) in [7, 11) is 0. The highest BCUT2D eigenvalue weighted by molar-refractivity contribution is 6.56. The summed E-state index contributed by atoms with van der Waals surface area (Å²) in [6.07, 6.45) is 0. The van der Waals surface area contributed by atoms with Crippen LogP contribution in [-0.4, -0.2) is 0 Å². The van der Waals surface area contributed by atoms with Gasteiger partial charge in [0.25, 0.3) is 0 Å². The van der Waals surface area contributed by atoms with Gasteiger partial charge in [-0.05, 0) is 141 Å². The minimum atomic E-state index is 1.34.